The second-order valence-electron chi connectivity index (χ2n) is 3.64. The molecule has 0 N–H and O–H groups in total. The van der Waals surface area contributed by atoms with Crippen LogP contribution in [0.2, 0.25) is 0 Å². The van der Waals surface area contributed by atoms with Gasteiger partial charge in [-0.25, -0.2) is 0 Å². The lowest BCUT2D eigenvalue weighted by atomic mass is 10.2. The molecule has 0 atom stereocenters. The van der Waals surface area contributed by atoms with E-state index in [0.29, 0.717) is 30.3 Å². The van der Waals surface area contributed by atoms with E-state index in [-0.39, 0.29) is 0 Å². The van der Waals surface area contributed by atoms with Crippen molar-refractivity contribution in [2.75, 3.05) is 13.2 Å². The number of rotatable bonds is 5. The molecule has 0 fully saturated rings. The fourth-order valence-corrected chi connectivity index (χ4v) is 1.81. The Bertz CT molecular complexity index is 596. The number of nitriles is 1. The van der Waals surface area contributed by atoms with E-state index >= 15 is 0 Å². The molecule has 96 valence electrons. The highest BCUT2D eigenvalue weighted by Gasteiger charge is 2.01. The maximum atomic E-state index is 8.91. The van der Waals surface area contributed by atoms with Gasteiger partial charge in [0.05, 0.1) is 11.8 Å². The molecule has 0 bridgehead atoms. The minimum Gasteiger partial charge on any atom is -0.489 e. The van der Waals surface area contributed by atoms with E-state index in [4.69, 9.17) is 14.7 Å². The summed E-state index contributed by atoms with van der Waals surface area (Å²) in [6.07, 6.45) is 3.32. The van der Waals surface area contributed by atoms with Gasteiger partial charge < -0.3 is 9.47 Å². The fraction of sp³-hybridized carbons (Fsp3) is 0.143. The van der Waals surface area contributed by atoms with E-state index in [1.54, 1.807) is 30.6 Å². The molecule has 0 aliphatic heterocycles. The molecule has 0 aliphatic rings. The zero-order valence-electron chi connectivity index (χ0n) is 10.0. The van der Waals surface area contributed by atoms with Crippen molar-refractivity contribution in [2.45, 2.75) is 0 Å². The Balaban J connectivity index is 1.83. The molecule has 1 heterocycles. The van der Waals surface area contributed by atoms with E-state index in [9.17, 15) is 0 Å². The van der Waals surface area contributed by atoms with Crippen LogP contribution >= 0.6 is 15.9 Å². The topological polar surface area (TPSA) is 55.1 Å². The lowest BCUT2D eigenvalue weighted by Crippen LogP contribution is -2.09. The molecule has 0 spiro atoms. The lowest BCUT2D eigenvalue weighted by molar-refractivity contribution is 0.216. The Morgan fingerprint density at radius 3 is 2.74 bits per heavy atom. The molecule has 0 unspecified atom stereocenters. The van der Waals surface area contributed by atoms with Gasteiger partial charge in [0.15, 0.2) is 0 Å². The van der Waals surface area contributed by atoms with Crippen molar-refractivity contribution >= 4 is 15.9 Å². The van der Waals surface area contributed by atoms with Crippen LogP contribution in [0.5, 0.6) is 11.5 Å². The van der Waals surface area contributed by atoms with Crippen molar-refractivity contribution in [1.82, 2.24) is 4.98 Å². The average Bonchev–Trinajstić information content (AvgIpc) is 2.44. The number of hydrogen-bond donors (Lipinski definition) is 0. The molecule has 2 aromatic rings. The molecule has 0 aliphatic carbocycles. The van der Waals surface area contributed by atoms with Crippen LogP contribution in [0.25, 0.3) is 0 Å². The highest BCUT2D eigenvalue weighted by molar-refractivity contribution is 9.10. The molecule has 1 aromatic heterocycles. The standard InChI is InChI=1S/C14H11BrN2O2/c15-12-7-13(10-17-9-12)18-5-6-19-14-4-2-1-3-11(14)8-16/h1-4,7,9-10H,5-6H2. The first-order chi connectivity index (χ1) is 9.29. The average molecular weight is 319 g/mol. The van der Waals surface area contributed by atoms with Gasteiger partial charge in [0.25, 0.3) is 0 Å². The van der Waals surface area contributed by atoms with Crippen molar-refractivity contribution in [3.63, 3.8) is 0 Å². The Kier molecular flexibility index (Phi) is 4.76. The van der Waals surface area contributed by atoms with Crippen LogP contribution in [0.4, 0.5) is 0 Å². The number of halogens is 1. The van der Waals surface area contributed by atoms with Gasteiger partial charge in [0, 0.05) is 10.7 Å². The number of hydrogen-bond acceptors (Lipinski definition) is 4. The summed E-state index contributed by atoms with van der Waals surface area (Å²) in [4.78, 5) is 3.99. The first kappa shape index (κ1) is 13.4. The Hall–Kier alpha value is -2.06. The molecule has 1 aromatic carbocycles. The second-order valence-corrected chi connectivity index (χ2v) is 4.56. The van der Waals surface area contributed by atoms with Crippen molar-refractivity contribution in [3.8, 4) is 17.6 Å². The van der Waals surface area contributed by atoms with Crippen LogP contribution in [0.15, 0.2) is 47.2 Å². The van der Waals surface area contributed by atoms with Crippen molar-refractivity contribution in [2.24, 2.45) is 0 Å². The zero-order valence-corrected chi connectivity index (χ0v) is 11.6. The molecular formula is C14H11BrN2O2. The number of benzene rings is 1. The Morgan fingerprint density at radius 1 is 1.16 bits per heavy atom. The fourth-order valence-electron chi connectivity index (χ4n) is 1.47. The van der Waals surface area contributed by atoms with Crippen LogP contribution in [0.1, 0.15) is 5.56 Å². The number of nitrogens with zero attached hydrogens (tertiary/aromatic N) is 2. The van der Waals surface area contributed by atoms with Gasteiger partial charge >= 0.3 is 0 Å². The third kappa shape index (κ3) is 3.97. The summed E-state index contributed by atoms with van der Waals surface area (Å²) < 4.78 is 11.8. The van der Waals surface area contributed by atoms with E-state index in [1.807, 2.05) is 12.1 Å². The largest absolute Gasteiger partial charge is 0.489 e. The first-order valence-corrected chi connectivity index (χ1v) is 6.44. The summed E-state index contributed by atoms with van der Waals surface area (Å²) in [5.74, 6) is 1.24. The van der Waals surface area contributed by atoms with Gasteiger partial charge in [-0.1, -0.05) is 12.1 Å². The summed E-state index contributed by atoms with van der Waals surface area (Å²) in [6.45, 7) is 0.753. The van der Waals surface area contributed by atoms with E-state index in [1.165, 1.54) is 0 Å². The van der Waals surface area contributed by atoms with E-state index in [0.717, 1.165) is 4.47 Å². The SMILES string of the molecule is N#Cc1ccccc1OCCOc1cncc(Br)c1. The summed E-state index contributed by atoms with van der Waals surface area (Å²) in [5, 5.41) is 8.91. The van der Waals surface area contributed by atoms with Gasteiger partial charge in [0.2, 0.25) is 0 Å². The summed E-state index contributed by atoms with van der Waals surface area (Å²) in [5.41, 5.74) is 0.520. The molecule has 4 nitrogen and oxygen atoms in total. The predicted molar refractivity (Wildman–Crippen MR) is 74.1 cm³/mol. The summed E-state index contributed by atoms with van der Waals surface area (Å²) in [7, 11) is 0. The lowest BCUT2D eigenvalue weighted by Gasteiger charge is -2.09. The predicted octanol–water partition coefficient (Wildman–Crippen LogP) is 3.17. The molecule has 0 saturated heterocycles. The van der Waals surface area contributed by atoms with Crippen molar-refractivity contribution in [3.05, 3.63) is 52.8 Å². The minimum absolute atomic E-state index is 0.366. The third-order valence-corrected chi connectivity index (χ3v) is 2.73. The molecule has 0 amide bonds. The number of ether oxygens (including phenoxy) is 2. The van der Waals surface area contributed by atoms with Gasteiger partial charge in [-0.15, -0.1) is 0 Å². The maximum Gasteiger partial charge on any atom is 0.138 e. The van der Waals surface area contributed by atoms with Crippen molar-refractivity contribution in [1.29, 1.82) is 5.26 Å². The van der Waals surface area contributed by atoms with Crippen LogP contribution in [0, 0.1) is 11.3 Å². The van der Waals surface area contributed by atoms with Gasteiger partial charge in [0.1, 0.15) is 30.8 Å². The van der Waals surface area contributed by atoms with Crippen LogP contribution in [-0.4, -0.2) is 18.2 Å². The van der Waals surface area contributed by atoms with E-state index < -0.39 is 0 Å². The molecule has 2 rings (SSSR count). The first-order valence-electron chi connectivity index (χ1n) is 5.65. The smallest absolute Gasteiger partial charge is 0.138 e. The minimum atomic E-state index is 0.366. The van der Waals surface area contributed by atoms with Crippen LogP contribution < -0.4 is 9.47 Å². The molecule has 19 heavy (non-hydrogen) atoms. The zero-order chi connectivity index (χ0) is 13.5. The van der Waals surface area contributed by atoms with Gasteiger partial charge in [-0.2, -0.15) is 5.26 Å². The highest BCUT2D eigenvalue weighted by Crippen LogP contribution is 2.17. The quantitative estimate of drug-likeness (QED) is 0.794. The summed E-state index contributed by atoms with van der Waals surface area (Å²) >= 11 is 3.32. The summed E-state index contributed by atoms with van der Waals surface area (Å²) in [6, 6.07) is 11.0. The van der Waals surface area contributed by atoms with Crippen molar-refractivity contribution < 1.29 is 9.47 Å². The molecule has 0 radical (unpaired) electrons. The molecular weight excluding hydrogens is 308 g/mol. The highest BCUT2D eigenvalue weighted by atomic mass is 79.9. The Labute approximate surface area is 119 Å². The molecule has 5 heteroatoms. The molecule has 0 saturated carbocycles. The second kappa shape index (κ2) is 6.76. The normalized spacial score (nSPS) is 9.68. The number of para-hydroxylation sites is 1. The van der Waals surface area contributed by atoms with Gasteiger partial charge in [-0.3, -0.25) is 4.98 Å². The monoisotopic (exact) mass is 318 g/mol. The maximum absolute atomic E-state index is 8.91. The Morgan fingerprint density at radius 2 is 1.95 bits per heavy atom. The third-order valence-electron chi connectivity index (χ3n) is 2.30. The van der Waals surface area contributed by atoms with Crippen LogP contribution in [0.3, 0.4) is 0 Å². The number of pyridine rings is 1. The van der Waals surface area contributed by atoms with Crippen LogP contribution in [-0.2, 0) is 0 Å². The van der Waals surface area contributed by atoms with Gasteiger partial charge in [-0.05, 0) is 34.1 Å². The number of aromatic nitrogens is 1. The van der Waals surface area contributed by atoms with E-state index in [2.05, 4.69) is 27.0 Å².